The largest absolute Gasteiger partial charge is 0.370 e. The molecule has 2 aromatic carbocycles. The van der Waals surface area contributed by atoms with Crippen molar-refractivity contribution in [3.05, 3.63) is 65.7 Å². The zero-order valence-electron chi connectivity index (χ0n) is 14.5. The summed E-state index contributed by atoms with van der Waals surface area (Å²) in [5.74, 6) is 0.280. The number of halogens is 2. The Hall–Kier alpha value is -2.63. The molecule has 1 aliphatic heterocycles. The van der Waals surface area contributed by atoms with E-state index in [2.05, 4.69) is 14.8 Å². The number of nitrogens with two attached hydrogens (primary N) is 1. The van der Waals surface area contributed by atoms with Crippen molar-refractivity contribution in [1.29, 1.82) is 0 Å². The van der Waals surface area contributed by atoms with Crippen LogP contribution >= 0.6 is 0 Å². The molecule has 0 bridgehead atoms. The highest BCUT2D eigenvalue weighted by Crippen LogP contribution is 2.44. The predicted molar refractivity (Wildman–Crippen MR) is 99.4 cm³/mol. The minimum Gasteiger partial charge on any atom is -0.370 e. The van der Waals surface area contributed by atoms with E-state index in [-0.39, 0.29) is 23.6 Å². The Kier molecular flexibility index (Phi) is 4.49. The van der Waals surface area contributed by atoms with Crippen molar-refractivity contribution >= 4 is 11.6 Å². The highest BCUT2D eigenvalue weighted by atomic mass is 19.1. The molecule has 0 amide bonds. The summed E-state index contributed by atoms with van der Waals surface area (Å²) in [4.78, 5) is 8.88. The van der Waals surface area contributed by atoms with Gasteiger partial charge in [-0.1, -0.05) is 18.2 Å². The average Bonchev–Trinajstić information content (AvgIpc) is 3.41. The molecule has 1 saturated carbocycles. The second-order valence-electron chi connectivity index (χ2n) is 6.87. The molecule has 2 aliphatic rings. The fourth-order valence-corrected chi connectivity index (χ4v) is 3.53. The molecular formula is C20H22F2N4. The molecule has 4 rings (SSSR count). The maximum absolute atomic E-state index is 13.9. The lowest BCUT2D eigenvalue weighted by molar-refractivity contribution is 0.380. The SMILES string of the molecule is NC(=NC1CC1c1ccccc1F)N1CCN(c2ccc(F)cc2)CC1. The van der Waals surface area contributed by atoms with Crippen molar-refractivity contribution in [3.63, 3.8) is 0 Å². The van der Waals surface area contributed by atoms with Crippen molar-refractivity contribution in [2.24, 2.45) is 10.7 Å². The van der Waals surface area contributed by atoms with E-state index in [1.54, 1.807) is 18.2 Å². The van der Waals surface area contributed by atoms with E-state index in [0.29, 0.717) is 5.96 Å². The smallest absolute Gasteiger partial charge is 0.191 e. The van der Waals surface area contributed by atoms with Crippen molar-refractivity contribution in [2.45, 2.75) is 18.4 Å². The van der Waals surface area contributed by atoms with Gasteiger partial charge in [0.05, 0.1) is 6.04 Å². The number of benzene rings is 2. The van der Waals surface area contributed by atoms with E-state index in [9.17, 15) is 8.78 Å². The highest BCUT2D eigenvalue weighted by Gasteiger charge is 2.40. The minimum absolute atomic E-state index is 0.0713. The van der Waals surface area contributed by atoms with Gasteiger partial charge in [-0.2, -0.15) is 0 Å². The number of anilines is 1. The fraction of sp³-hybridized carbons (Fsp3) is 0.350. The molecule has 136 valence electrons. The first-order valence-electron chi connectivity index (χ1n) is 8.95. The lowest BCUT2D eigenvalue weighted by atomic mass is 10.1. The predicted octanol–water partition coefficient (Wildman–Crippen LogP) is 2.96. The van der Waals surface area contributed by atoms with Crippen molar-refractivity contribution in [1.82, 2.24) is 4.90 Å². The van der Waals surface area contributed by atoms with Crippen LogP contribution in [0.25, 0.3) is 0 Å². The molecule has 1 saturated heterocycles. The van der Waals surface area contributed by atoms with Crippen LogP contribution in [0, 0.1) is 11.6 Å². The first-order chi connectivity index (χ1) is 12.6. The summed E-state index contributed by atoms with van der Waals surface area (Å²) in [6, 6.07) is 13.5. The summed E-state index contributed by atoms with van der Waals surface area (Å²) < 4.78 is 26.9. The summed E-state index contributed by atoms with van der Waals surface area (Å²) in [5.41, 5.74) is 7.93. The van der Waals surface area contributed by atoms with E-state index >= 15 is 0 Å². The Morgan fingerprint density at radius 2 is 1.65 bits per heavy atom. The molecule has 2 N–H and O–H groups in total. The van der Waals surface area contributed by atoms with E-state index in [1.807, 2.05) is 12.1 Å². The third-order valence-corrected chi connectivity index (χ3v) is 5.15. The minimum atomic E-state index is -0.224. The summed E-state index contributed by atoms with van der Waals surface area (Å²) >= 11 is 0. The van der Waals surface area contributed by atoms with E-state index in [1.165, 1.54) is 18.2 Å². The lowest BCUT2D eigenvalue weighted by Gasteiger charge is -2.36. The zero-order chi connectivity index (χ0) is 18.1. The number of piperazine rings is 1. The van der Waals surface area contributed by atoms with Crippen LogP contribution < -0.4 is 10.6 Å². The molecule has 1 heterocycles. The Labute approximate surface area is 151 Å². The van der Waals surface area contributed by atoms with E-state index in [4.69, 9.17) is 5.73 Å². The lowest BCUT2D eigenvalue weighted by Crippen LogP contribution is -2.51. The molecule has 0 radical (unpaired) electrons. The number of rotatable bonds is 3. The Balaban J connectivity index is 1.34. The molecule has 2 aromatic rings. The van der Waals surface area contributed by atoms with Crippen LogP contribution in [0.3, 0.4) is 0 Å². The summed E-state index contributed by atoms with van der Waals surface area (Å²) in [6.07, 6.45) is 0.844. The van der Waals surface area contributed by atoms with Gasteiger partial charge in [-0.05, 0) is 42.3 Å². The number of hydrogen-bond acceptors (Lipinski definition) is 2. The fourth-order valence-electron chi connectivity index (χ4n) is 3.53. The number of guanidine groups is 1. The monoisotopic (exact) mass is 356 g/mol. The molecule has 2 fully saturated rings. The number of aliphatic imine (C=N–C) groups is 1. The molecule has 26 heavy (non-hydrogen) atoms. The van der Waals surface area contributed by atoms with Gasteiger partial charge in [0.1, 0.15) is 11.6 Å². The molecule has 0 aromatic heterocycles. The van der Waals surface area contributed by atoms with Crippen LogP contribution in [0.15, 0.2) is 53.5 Å². The van der Waals surface area contributed by atoms with Crippen LogP contribution in [0.5, 0.6) is 0 Å². The third-order valence-electron chi connectivity index (χ3n) is 5.15. The van der Waals surface area contributed by atoms with Gasteiger partial charge < -0.3 is 15.5 Å². The first kappa shape index (κ1) is 16.8. The zero-order valence-corrected chi connectivity index (χ0v) is 14.5. The molecule has 1 aliphatic carbocycles. The van der Waals surface area contributed by atoms with Crippen molar-refractivity contribution < 1.29 is 8.78 Å². The third kappa shape index (κ3) is 3.49. The molecular weight excluding hydrogens is 334 g/mol. The van der Waals surface area contributed by atoms with Crippen LogP contribution in [0.1, 0.15) is 17.9 Å². The second kappa shape index (κ2) is 6.94. The van der Waals surface area contributed by atoms with Crippen LogP contribution in [-0.2, 0) is 0 Å². The van der Waals surface area contributed by atoms with Gasteiger partial charge in [0.25, 0.3) is 0 Å². The quantitative estimate of drug-likeness (QED) is 0.679. The van der Waals surface area contributed by atoms with Gasteiger partial charge in [-0.15, -0.1) is 0 Å². The van der Waals surface area contributed by atoms with E-state index < -0.39 is 0 Å². The normalized spacial score (nSPS) is 23.2. The number of nitrogens with zero attached hydrogens (tertiary/aromatic N) is 3. The van der Waals surface area contributed by atoms with Crippen LogP contribution in [0.4, 0.5) is 14.5 Å². The van der Waals surface area contributed by atoms with Crippen LogP contribution in [0.2, 0.25) is 0 Å². The van der Waals surface area contributed by atoms with Gasteiger partial charge in [0.2, 0.25) is 0 Å². The topological polar surface area (TPSA) is 44.9 Å². The van der Waals surface area contributed by atoms with Crippen molar-refractivity contribution in [3.8, 4) is 0 Å². The molecule has 6 heteroatoms. The van der Waals surface area contributed by atoms with Gasteiger partial charge in [-0.3, -0.25) is 0 Å². The molecule has 0 spiro atoms. The van der Waals surface area contributed by atoms with Gasteiger partial charge in [-0.25, -0.2) is 13.8 Å². The Morgan fingerprint density at radius 1 is 0.962 bits per heavy atom. The van der Waals surface area contributed by atoms with Gasteiger partial charge in [0, 0.05) is 37.8 Å². The molecule has 2 atom stereocenters. The molecule has 4 nitrogen and oxygen atoms in total. The van der Waals surface area contributed by atoms with Gasteiger partial charge >= 0.3 is 0 Å². The maximum Gasteiger partial charge on any atom is 0.191 e. The maximum atomic E-state index is 13.9. The summed E-state index contributed by atoms with van der Waals surface area (Å²) in [6.45, 7) is 3.15. The second-order valence-corrected chi connectivity index (χ2v) is 6.87. The summed E-state index contributed by atoms with van der Waals surface area (Å²) in [5, 5.41) is 0. The van der Waals surface area contributed by atoms with Gasteiger partial charge in [0.15, 0.2) is 5.96 Å². The number of hydrogen-bond donors (Lipinski definition) is 1. The van der Waals surface area contributed by atoms with Crippen molar-refractivity contribution in [2.75, 3.05) is 31.1 Å². The Morgan fingerprint density at radius 3 is 2.35 bits per heavy atom. The Bertz CT molecular complexity index is 798. The summed E-state index contributed by atoms with van der Waals surface area (Å²) in [7, 11) is 0. The molecule has 2 unspecified atom stereocenters. The van der Waals surface area contributed by atoms with E-state index in [0.717, 1.165) is 43.9 Å². The first-order valence-corrected chi connectivity index (χ1v) is 8.95. The standard InChI is InChI=1S/C20H22F2N4/c21-14-5-7-15(8-6-14)25-9-11-26(12-10-25)20(23)24-19-13-17(19)16-3-1-2-4-18(16)22/h1-8,17,19H,9-13H2,(H2,23,24). The average molecular weight is 356 g/mol. The highest BCUT2D eigenvalue weighted by molar-refractivity contribution is 5.79. The van der Waals surface area contributed by atoms with Crippen LogP contribution in [-0.4, -0.2) is 43.1 Å².